The zero-order chi connectivity index (χ0) is 9.97. The average molecular weight is 211 g/mol. The van der Waals surface area contributed by atoms with Gasteiger partial charge in [0.25, 0.3) is 0 Å². The van der Waals surface area contributed by atoms with Crippen molar-refractivity contribution < 1.29 is 0 Å². The van der Waals surface area contributed by atoms with Gasteiger partial charge in [-0.1, -0.05) is 6.92 Å². The highest BCUT2D eigenvalue weighted by atomic mass is 32.1. The van der Waals surface area contributed by atoms with E-state index in [-0.39, 0.29) is 0 Å². The highest BCUT2D eigenvalue weighted by molar-refractivity contribution is 7.09. The zero-order valence-electron chi connectivity index (χ0n) is 8.57. The van der Waals surface area contributed by atoms with Gasteiger partial charge in [0.15, 0.2) is 0 Å². The highest BCUT2D eigenvalue weighted by Crippen LogP contribution is 2.15. The summed E-state index contributed by atoms with van der Waals surface area (Å²) >= 11 is 1.76. The molecule has 2 heterocycles. The molecule has 1 aromatic rings. The highest BCUT2D eigenvalue weighted by Gasteiger charge is 2.19. The second-order valence-electron chi connectivity index (χ2n) is 3.87. The van der Waals surface area contributed by atoms with E-state index in [9.17, 15) is 0 Å². The maximum Gasteiger partial charge on any atom is 0.0926 e. The largest absolute Gasteiger partial charge is 0.326 e. The standard InChI is InChI=1S/C10H17N3S/c1-2-10-12-9(7-14-10)6-13-4-3-8(11)5-13/h7-8H,2-6,11H2,1H3/t8-/m0/s1. The molecule has 1 aliphatic rings. The van der Waals surface area contributed by atoms with Gasteiger partial charge < -0.3 is 5.73 Å². The minimum atomic E-state index is 0.374. The minimum Gasteiger partial charge on any atom is -0.326 e. The van der Waals surface area contributed by atoms with Crippen molar-refractivity contribution in [3.63, 3.8) is 0 Å². The number of thiazole rings is 1. The molecule has 1 aliphatic heterocycles. The molecule has 1 atom stereocenters. The Kier molecular flexibility index (Phi) is 3.15. The third kappa shape index (κ3) is 2.32. The van der Waals surface area contributed by atoms with Crippen molar-refractivity contribution in [3.05, 3.63) is 16.1 Å². The third-order valence-electron chi connectivity index (χ3n) is 2.60. The summed E-state index contributed by atoms with van der Waals surface area (Å²) in [6.07, 6.45) is 2.18. The Hall–Kier alpha value is -0.450. The molecule has 0 spiro atoms. The van der Waals surface area contributed by atoms with Gasteiger partial charge >= 0.3 is 0 Å². The summed E-state index contributed by atoms with van der Waals surface area (Å²) in [5, 5.41) is 3.41. The Bertz CT molecular complexity index is 297. The van der Waals surface area contributed by atoms with Crippen LogP contribution in [0.25, 0.3) is 0 Å². The van der Waals surface area contributed by atoms with E-state index in [1.807, 2.05) is 0 Å². The van der Waals surface area contributed by atoms with Crippen LogP contribution in [-0.2, 0) is 13.0 Å². The first-order valence-electron chi connectivity index (χ1n) is 5.19. The molecule has 2 N–H and O–H groups in total. The van der Waals surface area contributed by atoms with Crippen LogP contribution in [0.1, 0.15) is 24.0 Å². The average Bonchev–Trinajstić information content (AvgIpc) is 2.76. The molecule has 3 nitrogen and oxygen atoms in total. The number of rotatable bonds is 3. The van der Waals surface area contributed by atoms with Gasteiger partial charge in [-0.2, -0.15) is 0 Å². The molecule has 0 saturated carbocycles. The Morgan fingerprint density at radius 3 is 3.14 bits per heavy atom. The molecule has 1 saturated heterocycles. The van der Waals surface area contributed by atoms with Crippen LogP contribution in [0.2, 0.25) is 0 Å². The van der Waals surface area contributed by atoms with Gasteiger partial charge in [-0.25, -0.2) is 4.98 Å². The van der Waals surface area contributed by atoms with Crippen LogP contribution in [0.4, 0.5) is 0 Å². The molecule has 0 amide bonds. The zero-order valence-corrected chi connectivity index (χ0v) is 9.39. The topological polar surface area (TPSA) is 42.2 Å². The molecule has 0 aromatic carbocycles. The Balaban J connectivity index is 1.90. The molecule has 0 bridgehead atoms. The number of nitrogens with zero attached hydrogens (tertiary/aromatic N) is 2. The van der Waals surface area contributed by atoms with E-state index in [0.29, 0.717) is 6.04 Å². The van der Waals surface area contributed by atoms with E-state index >= 15 is 0 Å². The van der Waals surface area contributed by atoms with E-state index in [2.05, 4.69) is 22.2 Å². The summed E-state index contributed by atoms with van der Waals surface area (Å²) < 4.78 is 0. The fourth-order valence-corrected chi connectivity index (χ4v) is 2.56. The van der Waals surface area contributed by atoms with Crippen molar-refractivity contribution >= 4 is 11.3 Å². The van der Waals surface area contributed by atoms with Gasteiger partial charge in [0.05, 0.1) is 10.7 Å². The summed E-state index contributed by atoms with van der Waals surface area (Å²) in [7, 11) is 0. The molecule has 0 unspecified atom stereocenters. The smallest absolute Gasteiger partial charge is 0.0926 e. The predicted molar refractivity (Wildman–Crippen MR) is 59.4 cm³/mol. The fraction of sp³-hybridized carbons (Fsp3) is 0.700. The van der Waals surface area contributed by atoms with E-state index in [0.717, 1.165) is 32.5 Å². The normalized spacial score (nSPS) is 23.1. The number of aryl methyl sites for hydroxylation is 1. The van der Waals surface area contributed by atoms with Crippen molar-refractivity contribution in [2.75, 3.05) is 13.1 Å². The van der Waals surface area contributed by atoms with Crippen molar-refractivity contribution in [1.29, 1.82) is 0 Å². The molecule has 1 fully saturated rings. The molecular weight excluding hydrogens is 194 g/mol. The third-order valence-corrected chi connectivity index (χ3v) is 3.64. The number of hydrogen-bond acceptors (Lipinski definition) is 4. The van der Waals surface area contributed by atoms with Crippen LogP contribution in [0.15, 0.2) is 5.38 Å². The Morgan fingerprint density at radius 2 is 2.57 bits per heavy atom. The van der Waals surface area contributed by atoms with Crippen molar-refractivity contribution in [2.45, 2.75) is 32.4 Å². The molecule has 2 rings (SSSR count). The Morgan fingerprint density at radius 1 is 1.71 bits per heavy atom. The van der Waals surface area contributed by atoms with Crippen LogP contribution in [-0.4, -0.2) is 29.0 Å². The van der Waals surface area contributed by atoms with E-state index in [4.69, 9.17) is 5.73 Å². The second-order valence-corrected chi connectivity index (χ2v) is 4.81. The molecular formula is C10H17N3S. The van der Waals surface area contributed by atoms with Crippen LogP contribution >= 0.6 is 11.3 Å². The summed E-state index contributed by atoms with van der Waals surface area (Å²) in [6, 6.07) is 0.374. The molecule has 1 aromatic heterocycles. The maximum absolute atomic E-state index is 5.85. The molecule has 0 aliphatic carbocycles. The lowest BCUT2D eigenvalue weighted by Crippen LogP contribution is -2.26. The molecule has 78 valence electrons. The number of nitrogens with two attached hydrogens (primary N) is 1. The number of likely N-dealkylation sites (tertiary alicyclic amines) is 1. The predicted octanol–water partition coefficient (Wildman–Crippen LogP) is 1.24. The monoisotopic (exact) mass is 211 g/mol. The fourth-order valence-electron chi connectivity index (χ4n) is 1.82. The van der Waals surface area contributed by atoms with Crippen LogP contribution < -0.4 is 5.73 Å². The van der Waals surface area contributed by atoms with E-state index < -0.39 is 0 Å². The quantitative estimate of drug-likeness (QED) is 0.818. The number of hydrogen-bond donors (Lipinski definition) is 1. The summed E-state index contributed by atoms with van der Waals surface area (Å²) in [5.41, 5.74) is 7.06. The van der Waals surface area contributed by atoms with E-state index in [1.165, 1.54) is 10.7 Å². The lowest BCUT2D eigenvalue weighted by Gasteiger charge is -2.12. The lowest BCUT2D eigenvalue weighted by molar-refractivity contribution is 0.323. The van der Waals surface area contributed by atoms with Crippen molar-refractivity contribution in [3.8, 4) is 0 Å². The van der Waals surface area contributed by atoms with Crippen molar-refractivity contribution in [2.24, 2.45) is 5.73 Å². The minimum absolute atomic E-state index is 0.374. The van der Waals surface area contributed by atoms with E-state index in [1.54, 1.807) is 11.3 Å². The summed E-state index contributed by atoms with van der Waals surface area (Å²) in [5.74, 6) is 0. The Labute approximate surface area is 88.9 Å². The number of aromatic nitrogens is 1. The van der Waals surface area contributed by atoms with Gasteiger partial charge in [-0.05, 0) is 12.8 Å². The first-order chi connectivity index (χ1) is 6.78. The molecule has 4 heteroatoms. The van der Waals surface area contributed by atoms with Gasteiger partial charge in [-0.3, -0.25) is 4.90 Å². The lowest BCUT2D eigenvalue weighted by atomic mass is 10.3. The van der Waals surface area contributed by atoms with Crippen molar-refractivity contribution in [1.82, 2.24) is 9.88 Å². The SMILES string of the molecule is CCc1nc(CN2CC[C@H](N)C2)cs1. The summed E-state index contributed by atoms with van der Waals surface area (Å²) in [6.45, 7) is 5.28. The molecule has 0 radical (unpaired) electrons. The van der Waals surface area contributed by atoms with Gasteiger partial charge in [-0.15, -0.1) is 11.3 Å². The van der Waals surface area contributed by atoms with Gasteiger partial charge in [0.2, 0.25) is 0 Å². The first kappa shape index (κ1) is 10.1. The first-order valence-corrected chi connectivity index (χ1v) is 6.07. The van der Waals surface area contributed by atoms with Crippen LogP contribution in [0, 0.1) is 0 Å². The molecule has 14 heavy (non-hydrogen) atoms. The van der Waals surface area contributed by atoms with Crippen LogP contribution in [0.3, 0.4) is 0 Å². The van der Waals surface area contributed by atoms with Gasteiger partial charge in [0.1, 0.15) is 0 Å². The van der Waals surface area contributed by atoms with Crippen LogP contribution in [0.5, 0.6) is 0 Å². The van der Waals surface area contributed by atoms with Gasteiger partial charge in [0, 0.05) is 31.1 Å². The maximum atomic E-state index is 5.85. The summed E-state index contributed by atoms with van der Waals surface area (Å²) in [4.78, 5) is 6.94. The second kappa shape index (κ2) is 4.38.